The Labute approximate surface area is 114 Å². The lowest BCUT2D eigenvalue weighted by Gasteiger charge is -2.17. The van der Waals surface area contributed by atoms with Gasteiger partial charge in [-0.05, 0) is 55.7 Å². The maximum absolute atomic E-state index is 6.33. The van der Waals surface area contributed by atoms with Gasteiger partial charge in [-0.2, -0.15) is 0 Å². The van der Waals surface area contributed by atoms with Crippen molar-refractivity contribution in [3.05, 3.63) is 59.4 Å². The van der Waals surface area contributed by atoms with E-state index in [1.807, 2.05) is 57.3 Å². The van der Waals surface area contributed by atoms with Gasteiger partial charge in [0.15, 0.2) is 0 Å². The van der Waals surface area contributed by atoms with Crippen molar-refractivity contribution in [2.24, 2.45) is 5.73 Å². The topological polar surface area (TPSA) is 48.1 Å². The standard InChI is InChI=1S/C16H20N2O/c1-11(2)19-14-6-4-5-13(9-14)16(17)15-7-8-18-10-12(15)3/h4-11,16H,17H2,1-3H3. The lowest BCUT2D eigenvalue weighted by Crippen LogP contribution is -2.14. The molecule has 3 heteroatoms. The summed E-state index contributed by atoms with van der Waals surface area (Å²) >= 11 is 0. The van der Waals surface area contributed by atoms with Gasteiger partial charge >= 0.3 is 0 Å². The molecule has 0 aliphatic carbocycles. The van der Waals surface area contributed by atoms with Gasteiger partial charge in [-0.25, -0.2) is 0 Å². The third kappa shape index (κ3) is 3.32. The van der Waals surface area contributed by atoms with E-state index in [9.17, 15) is 0 Å². The van der Waals surface area contributed by atoms with Crippen LogP contribution in [0, 0.1) is 6.92 Å². The molecule has 0 spiro atoms. The van der Waals surface area contributed by atoms with Crippen LogP contribution >= 0.6 is 0 Å². The highest BCUT2D eigenvalue weighted by Crippen LogP contribution is 2.25. The Kier molecular flexibility index (Phi) is 4.17. The summed E-state index contributed by atoms with van der Waals surface area (Å²) in [6, 6.07) is 9.77. The van der Waals surface area contributed by atoms with Crippen LogP contribution in [-0.2, 0) is 0 Å². The summed E-state index contributed by atoms with van der Waals surface area (Å²) in [5.41, 5.74) is 9.58. The van der Waals surface area contributed by atoms with Gasteiger partial charge in [-0.1, -0.05) is 12.1 Å². The Bertz CT molecular complexity index is 552. The average molecular weight is 256 g/mol. The Hall–Kier alpha value is -1.87. The molecule has 0 radical (unpaired) electrons. The van der Waals surface area contributed by atoms with Crippen molar-refractivity contribution in [1.82, 2.24) is 4.98 Å². The normalized spacial score (nSPS) is 12.5. The van der Waals surface area contributed by atoms with E-state index >= 15 is 0 Å². The highest BCUT2D eigenvalue weighted by Gasteiger charge is 2.12. The summed E-state index contributed by atoms with van der Waals surface area (Å²) in [5, 5.41) is 0. The smallest absolute Gasteiger partial charge is 0.120 e. The molecule has 1 atom stereocenters. The van der Waals surface area contributed by atoms with Gasteiger partial charge in [-0.15, -0.1) is 0 Å². The Morgan fingerprint density at radius 1 is 1.21 bits per heavy atom. The van der Waals surface area contributed by atoms with Crippen LogP contribution in [-0.4, -0.2) is 11.1 Å². The number of rotatable bonds is 4. The van der Waals surface area contributed by atoms with Crippen LogP contribution in [0.15, 0.2) is 42.7 Å². The summed E-state index contributed by atoms with van der Waals surface area (Å²) in [5.74, 6) is 0.856. The fourth-order valence-electron chi connectivity index (χ4n) is 2.07. The summed E-state index contributed by atoms with van der Waals surface area (Å²) < 4.78 is 5.70. The van der Waals surface area contributed by atoms with Gasteiger partial charge in [0.25, 0.3) is 0 Å². The van der Waals surface area contributed by atoms with Crippen molar-refractivity contribution in [3.8, 4) is 5.75 Å². The average Bonchev–Trinajstić information content (AvgIpc) is 2.38. The van der Waals surface area contributed by atoms with E-state index in [0.29, 0.717) is 0 Å². The minimum atomic E-state index is -0.154. The molecule has 0 aliphatic rings. The van der Waals surface area contributed by atoms with Gasteiger partial charge in [0.2, 0.25) is 0 Å². The second-order valence-electron chi connectivity index (χ2n) is 4.95. The van der Waals surface area contributed by atoms with Crippen molar-refractivity contribution >= 4 is 0 Å². The molecule has 19 heavy (non-hydrogen) atoms. The van der Waals surface area contributed by atoms with Crippen LogP contribution in [0.2, 0.25) is 0 Å². The Balaban J connectivity index is 2.29. The minimum absolute atomic E-state index is 0.154. The van der Waals surface area contributed by atoms with Gasteiger partial charge in [0, 0.05) is 12.4 Å². The van der Waals surface area contributed by atoms with E-state index in [2.05, 4.69) is 4.98 Å². The third-order valence-electron chi connectivity index (χ3n) is 2.99. The maximum atomic E-state index is 6.33. The zero-order chi connectivity index (χ0) is 13.8. The summed E-state index contributed by atoms with van der Waals surface area (Å²) in [7, 11) is 0. The van der Waals surface area contributed by atoms with E-state index in [1.165, 1.54) is 0 Å². The first-order chi connectivity index (χ1) is 9.08. The van der Waals surface area contributed by atoms with E-state index in [-0.39, 0.29) is 12.1 Å². The molecule has 2 N–H and O–H groups in total. The van der Waals surface area contributed by atoms with Crippen molar-refractivity contribution in [2.75, 3.05) is 0 Å². The van der Waals surface area contributed by atoms with Crippen LogP contribution < -0.4 is 10.5 Å². The molecule has 0 bridgehead atoms. The molecule has 1 unspecified atom stereocenters. The zero-order valence-electron chi connectivity index (χ0n) is 11.6. The second-order valence-corrected chi connectivity index (χ2v) is 4.95. The molecule has 2 aromatic rings. The molecule has 1 heterocycles. The molecular weight excluding hydrogens is 236 g/mol. The SMILES string of the molecule is Cc1cnccc1C(N)c1cccc(OC(C)C)c1. The fourth-order valence-corrected chi connectivity index (χ4v) is 2.07. The quantitative estimate of drug-likeness (QED) is 0.913. The number of benzene rings is 1. The largest absolute Gasteiger partial charge is 0.491 e. The first kappa shape index (κ1) is 13.6. The van der Waals surface area contributed by atoms with Crippen LogP contribution in [0.1, 0.15) is 36.6 Å². The number of pyridine rings is 1. The molecule has 3 nitrogen and oxygen atoms in total. The number of hydrogen-bond acceptors (Lipinski definition) is 3. The monoisotopic (exact) mass is 256 g/mol. The van der Waals surface area contributed by atoms with Crippen molar-refractivity contribution in [2.45, 2.75) is 32.9 Å². The molecule has 2 rings (SSSR count). The lowest BCUT2D eigenvalue weighted by atomic mass is 9.97. The Morgan fingerprint density at radius 2 is 2.00 bits per heavy atom. The number of hydrogen-bond donors (Lipinski definition) is 1. The lowest BCUT2D eigenvalue weighted by molar-refractivity contribution is 0.242. The summed E-state index contributed by atoms with van der Waals surface area (Å²) in [6.45, 7) is 6.05. The minimum Gasteiger partial charge on any atom is -0.491 e. The van der Waals surface area contributed by atoms with E-state index in [1.54, 1.807) is 6.20 Å². The first-order valence-corrected chi connectivity index (χ1v) is 6.50. The molecule has 0 fully saturated rings. The molecule has 1 aromatic carbocycles. The van der Waals surface area contributed by atoms with Crippen LogP contribution in [0.25, 0.3) is 0 Å². The highest BCUT2D eigenvalue weighted by molar-refractivity contribution is 5.38. The number of ether oxygens (including phenoxy) is 1. The number of nitrogens with two attached hydrogens (primary N) is 1. The van der Waals surface area contributed by atoms with E-state index in [0.717, 1.165) is 22.4 Å². The first-order valence-electron chi connectivity index (χ1n) is 6.50. The third-order valence-corrected chi connectivity index (χ3v) is 2.99. The predicted molar refractivity (Wildman–Crippen MR) is 77.2 cm³/mol. The predicted octanol–water partition coefficient (Wildman–Crippen LogP) is 3.23. The van der Waals surface area contributed by atoms with Gasteiger partial charge in [-0.3, -0.25) is 4.98 Å². The molecule has 0 amide bonds. The summed E-state index contributed by atoms with van der Waals surface area (Å²) in [4.78, 5) is 4.10. The van der Waals surface area contributed by atoms with Gasteiger partial charge in [0.1, 0.15) is 5.75 Å². The van der Waals surface area contributed by atoms with E-state index < -0.39 is 0 Å². The molecule has 0 saturated heterocycles. The number of nitrogens with zero attached hydrogens (tertiary/aromatic N) is 1. The van der Waals surface area contributed by atoms with Crippen LogP contribution in [0.5, 0.6) is 5.75 Å². The summed E-state index contributed by atoms with van der Waals surface area (Å²) in [6.07, 6.45) is 3.77. The van der Waals surface area contributed by atoms with Crippen molar-refractivity contribution in [1.29, 1.82) is 0 Å². The molecule has 100 valence electrons. The fraction of sp³-hybridized carbons (Fsp3) is 0.312. The zero-order valence-corrected chi connectivity index (χ0v) is 11.6. The molecular formula is C16H20N2O. The molecule has 1 aromatic heterocycles. The highest BCUT2D eigenvalue weighted by atomic mass is 16.5. The number of aromatic nitrogens is 1. The van der Waals surface area contributed by atoms with Gasteiger partial charge < -0.3 is 10.5 Å². The molecule has 0 saturated carbocycles. The van der Waals surface area contributed by atoms with Crippen molar-refractivity contribution < 1.29 is 4.74 Å². The van der Waals surface area contributed by atoms with Gasteiger partial charge in [0.05, 0.1) is 12.1 Å². The van der Waals surface area contributed by atoms with Crippen LogP contribution in [0.3, 0.4) is 0 Å². The maximum Gasteiger partial charge on any atom is 0.120 e. The second kappa shape index (κ2) is 5.85. The molecule has 0 aliphatic heterocycles. The van der Waals surface area contributed by atoms with Crippen molar-refractivity contribution in [3.63, 3.8) is 0 Å². The Morgan fingerprint density at radius 3 is 2.68 bits per heavy atom. The van der Waals surface area contributed by atoms with Crippen LogP contribution in [0.4, 0.5) is 0 Å². The number of aryl methyl sites for hydroxylation is 1. The van der Waals surface area contributed by atoms with E-state index in [4.69, 9.17) is 10.5 Å².